The number of benzene rings is 1. The Morgan fingerprint density at radius 3 is 2.56 bits per heavy atom. The Morgan fingerprint density at radius 1 is 1.20 bits per heavy atom. The van der Waals surface area contributed by atoms with Gasteiger partial charge in [-0.25, -0.2) is 0 Å². The van der Waals surface area contributed by atoms with Crippen LogP contribution in [0, 0.1) is 11.3 Å². The molecule has 3 fully saturated rings. The quantitative estimate of drug-likeness (QED) is 0.741. The third kappa shape index (κ3) is 4.44. The second-order valence-electron chi connectivity index (χ2n) is 7.29. The van der Waals surface area contributed by atoms with E-state index < -0.39 is 0 Å². The lowest BCUT2D eigenvalue weighted by atomic mass is 9.91. The van der Waals surface area contributed by atoms with Crippen LogP contribution in [-0.4, -0.2) is 38.1 Å². The molecule has 2 saturated heterocycles. The lowest BCUT2D eigenvalue weighted by Crippen LogP contribution is -2.40. The number of anilines is 1. The van der Waals surface area contributed by atoms with Crippen LogP contribution in [-0.2, 0) is 4.79 Å². The minimum atomic E-state index is 0. The number of amides is 1. The molecule has 25 heavy (non-hydrogen) atoms. The molecule has 1 aromatic rings. The summed E-state index contributed by atoms with van der Waals surface area (Å²) in [6, 6.07) is 8.72. The highest BCUT2D eigenvalue weighted by atomic mass is 79.9. The molecule has 0 radical (unpaired) electrons. The van der Waals surface area contributed by atoms with E-state index in [4.69, 9.17) is 0 Å². The Hall–Kier alpha value is -0.490. The van der Waals surface area contributed by atoms with E-state index in [2.05, 4.69) is 55.7 Å². The van der Waals surface area contributed by atoms with Gasteiger partial charge in [-0.1, -0.05) is 15.9 Å². The van der Waals surface area contributed by atoms with E-state index in [1.807, 2.05) is 0 Å². The second kappa shape index (κ2) is 8.47. The molecule has 140 valence electrons. The molecule has 0 bridgehead atoms. The van der Waals surface area contributed by atoms with Gasteiger partial charge in [-0.2, -0.15) is 0 Å². The van der Waals surface area contributed by atoms with Gasteiger partial charge in [0.05, 0.1) is 0 Å². The van der Waals surface area contributed by atoms with Crippen molar-refractivity contribution in [3.05, 3.63) is 28.7 Å². The van der Waals surface area contributed by atoms with Crippen molar-refractivity contribution >= 4 is 52.3 Å². The van der Waals surface area contributed by atoms with Crippen LogP contribution in [0.1, 0.15) is 25.7 Å². The van der Waals surface area contributed by atoms with Crippen molar-refractivity contribution in [3.8, 4) is 0 Å². The summed E-state index contributed by atoms with van der Waals surface area (Å²) in [7, 11) is 0. The summed E-state index contributed by atoms with van der Waals surface area (Å²) in [5.74, 6) is 0.570. The van der Waals surface area contributed by atoms with Gasteiger partial charge in [-0.15, -0.1) is 24.8 Å². The van der Waals surface area contributed by atoms with Crippen LogP contribution in [0.3, 0.4) is 0 Å². The minimum absolute atomic E-state index is 0. The number of rotatable bonds is 3. The largest absolute Gasteiger partial charge is 0.369 e. The zero-order chi connectivity index (χ0) is 15.9. The third-order valence-corrected chi connectivity index (χ3v) is 6.36. The van der Waals surface area contributed by atoms with Crippen molar-refractivity contribution in [2.45, 2.75) is 31.7 Å². The summed E-state index contributed by atoms with van der Waals surface area (Å²) >= 11 is 3.48. The zero-order valence-corrected chi connectivity index (χ0v) is 17.4. The van der Waals surface area contributed by atoms with Gasteiger partial charge in [0.2, 0.25) is 5.91 Å². The average Bonchev–Trinajstić information content (AvgIpc) is 3.04. The highest BCUT2D eigenvalue weighted by Crippen LogP contribution is 2.58. The fraction of sp³-hybridized carbons (Fsp3) is 0.611. The summed E-state index contributed by atoms with van der Waals surface area (Å²) in [5, 5.41) is 6.71. The number of halogens is 3. The van der Waals surface area contributed by atoms with E-state index in [9.17, 15) is 4.79 Å². The van der Waals surface area contributed by atoms with Crippen LogP contribution in [0.15, 0.2) is 28.7 Å². The first kappa shape index (κ1) is 20.8. The van der Waals surface area contributed by atoms with E-state index in [1.54, 1.807) is 0 Å². The lowest BCUT2D eigenvalue weighted by molar-refractivity contribution is -0.123. The van der Waals surface area contributed by atoms with Crippen molar-refractivity contribution in [1.82, 2.24) is 10.6 Å². The molecule has 2 N–H and O–H groups in total. The van der Waals surface area contributed by atoms with E-state index in [1.165, 1.54) is 18.5 Å². The Labute approximate surface area is 170 Å². The van der Waals surface area contributed by atoms with Gasteiger partial charge in [-0.05, 0) is 68.5 Å². The third-order valence-electron chi connectivity index (χ3n) is 5.83. The molecule has 1 spiro atoms. The van der Waals surface area contributed by atoms with Gasteiger partial charge in [0.1, 0.15) is 0 Å². The molecular formula is C18H26BrCl2N3O. The second-order valence-corrected chi connectivity index (χ2v) is 8.20. The smallest absolute Gasteiger partial charge is 0.223 e. The first-order valence-electron chi connectivity index (χ1n) is 8.68. The van der Waals surface area contributed by atoms with Crippen LogP contribution in [0.2, 0.25) is 0 Å². The minimum Gasteiger partial charge on any atom is -0.369 e. The summed E-state index contributed by atoms with van der Waals surface area (Å²) < 4.78 is 1.10. The van der Waals surface area contributed by atoms with Gasteiger partial charge >= 0.3 is 0 Å². The van der Waals surface area contributed by atoms with Crippen LogP contribution in [0.4, 0.5) is 5.69 Å². The normalized spacial score (nSPS) is 26.5. The van der Waals surface area contributed by atoms with Gasteiger partial charge in [-0.3, -0.25) is 4.79 Å². The fourth-order valence-corrected chi connectivity index (χ4v) is 4.53. The highest BCUT2D eigenvalue weighted by Gasteiger charge is 2.57. The van der Waals surface area contributed by atoms with Crippen molar-refractivity contribution in [3.63, 3.8) is 0 Å². The molecule has 7 heteroatoms. The maximum atomic E-state index is 12.6. The summed E-state index contributed by atoms with van der Waals surface area (Å²) in [5.41, 5.74) is 1.57. The standard InChI is InChI=1S/C18H24BrN3O.2ClH/c19-13-1-3-15(4-2-13)22-10-5-14(12-22)21-17(23)16-11-18(16)6-8-20-9-7-18;;/h1-4,14,16,20H,5-12H2,(H,21,23);2*1H. The zero-order valence-electron chi connectivity index (χ0n) is 14.2. The first-order valence-corrected chi connectivity index (χ1v) is 9.47. The van der Waals surface area contributed by atoms with Crippen molar-refractivity contribution in [2.24, 2.45) is 11.3 Å². The maximum absolute atomic E-state index is 12.6. The van der Waals surface area contributed by atoms with E-state index >= 15 is 0 Å². The molecule has 3 aliphatic rings. The molecule has 1 aliphatic carbocycles. The van der Waals surface area contributed by atoms with Gasteiger partial charge in [0, 0.05) is 35.2 Å². The lowest BCUT2D eigenvalue weighted by Gasteiger charge is -2.24. The first-order chi connectivity index (χ1) is 11.2. The van der Waals surface area contributed by atoms with Crippen molar-refractivity contribution in [2.75, 3.05) is 31.1 Å². The number of carbonyl (C=O) groups is 1. The Balaban J connectivity index is 0.00000113. The Kier molecular flexibility index (Phi) is 7.05. The maximum Gasteiger partial charge on any atom is 0.223 e. The SMILES string of the molecule is Cl.Cl.O=C(NC1CCN(c2ccc(Br)cc2)C1)C1CC12CCNCC2. The molecule has 2 heterocycles. The monoisotopic (exact) mass is 449 g/mol. The highest BCUT2D eigenvalue weighted by molar-refractivity contribution is 9.10. The fourth-order valence-electron chi connectivity index (χ4n) is 4.26. The molecule has 0 aromatic heterocycles. The number of hydrogen-bond donors (Lipinski definition) is 2. The van der Waals surface area contributed by atoms with E-state index in [-0.39, 0.29) is 30.7 Å². The molecule has 1 aromatic carbocycles. The van der Waals surface area contributed by atoms with Crippen LogP contribution >= 0.6 is 40.7 Å². The average molecular weight is 451 g/mol. The molecule has 4 rings (SSSR count). The van der Waals surface area contributed by atoms with Gasteiger partial charge in [0.15, 0.2) is 0 Å². The molecule has 2 aliphatic heterocycles. The number of carbonyl (C=O) groups excluding carboxylic acids is 1. The number of hydrogen-bond acceptors (Lipinski definition) is 3. The van der Waals surface area contributed by atoms with Crippen LogP contribution < -0.4 is 15.5 Å². The van der Waals surface area contributed by atoms with Crippen LogP contribution in [0.5, 0.6) is 0 Å². The Bertz CT molecular complexity index is 592. The molecular weight excluding hydrogens is 425 g/mol. The molecule has 2 unspecified atom stereocenters. The molecule has 1 saturated carbocycles. The number of nitrogens with zero attached hydrogens (tertiary/aromatic N) is 1. The summed E-state index contributed by atoms with van der Waals surface area (Å²) in [4.78, 5) is 14.9. The van der Waals surface area contributed by atoms with E-state index in [0.717, 1.165) is 43.5 Å². The predicted molar refractivity (Wildman–Crippen MR) is 110 cm³/mol. The van der Waals surface area contributed by atoms with Gasteiger partial charge < -0.3 is 15.5 Å². The number of nitrogens with one attached hydrogen (secondary N) is 2. The molecule has 1 amide bonds. The van der Waals surface area contributed by atoms with Gasteiger partial charge in [0.25, 0.3) is 0 Å². The molecule has 2 atom stereocenters. The summed E-state index contributed by atoms with van der Waals surface area (Å²) in [6.07, 6.45) is 4.48. The topological polar surface area (TPSA) is 44.4 Å². The van der Waals surface area contributed by atoms with E-state index in [0.29, 0.717) is 17.4 Å². The summed E-state index contributed by atoms with van der Waals surface area (Å²) in [6.45, 7) is 4.09. The number of piperidine rings is 1. The van der Waals surface area contributed by atoms with Crippen molar-refractivity contribution in [1.29, 1.82) is 0 Å². The molecule has 4 nitrogen and oxygen atoms in total. The van der Waals surface area contributed by atoms with Crippen molar-refractivity contribution < 1.29 is 4.79 Å². The predicted octanol–water partition coefficient (Wildman–Crippen LogP) is 3.38. The Morgan fingerprint density at radius 2 is 1.88 bits per heavy atom. The van der Waals surface area contributed by atoms with Crippen LogP contribution in [0.25, 0.3) is 0 Å².